The summed E-state index contributed by atoms with van der Waals surface area (Å²) in [7, 11) is 0. The minimum absolute atomic E-state index is 0.239. The highest BCUT2D eigenvalue weighted by Crippen LogP contribution is 2.27. The molecule has 0 saturated carbocycles. The summed E-state index contributed by atoms with van der Waals surface area (Å²) in [6.07, 6.45) is 0.529. The van der Waals surface area contributed by atoms with Crippen LogP contribution < -0.4 is 0 Å². The molecule has 6 heteroatoms. The summed E-state index contributed by atoms with van der Waals surface area (Å²) in [5, 5.41) is 13.0. The quantitative estimate of drug-likeness (QED) is 0.708. The monoisotopic (exact) mass is 348 g/mol. The molecule has 1 fully saturated rings. The topological polar surface area (TPSA) is 66.0 Å². The number of rotatable bonds is 5. The SMILES string of the molecule is N#Cc1cccc(CN2CC(c3nc(Cc4ccc(F)cc4)no3)C2)c1. The summed E-state index contributed by atoms with van der Waals surface area (Å²) < 4.78 is 18.3. The number of nitriles is 1. The number of hydrogen-bond acceptors (Lipinski definition) is 5. The summed E-state index contributed by atoms with van der Waals surface area (Å²) in [5.74, 6) is 1.26. The van der Waals surface area contributed by atoms with E-state index in [0.29, 0.717) is 23.7 Å². The molecule has 130 valence electrons. The Balaban J connectivity index is 1.32. The standard InChI is InChI=1S/C20H17FN4O/c21-18-6-4-14(5-7-18)9-19-23-20(26-24-19)17-12-25(13-17)11-16-3-1-2-15(8-16)10-22/h1-8,17H,9,11-13H2. The first-order valence-corrected chi connectivity index (χ1v) is 8.48. The first kappa shape index (κ1) is 16.4. The predicted octanol–water partition coefficient (Wildman–Crippen LogP) is 3.27. The Hall–Kier alpha value is -3.04. The van der Waals surface area contributed by atoms with Crippen LogP contribution in [-0.2, 0) is 13.0 Å². The van der Waals surface area contributed by atoms with Gasteiger partial charge in [-0.15, -0.1) is 0 Å². The molecule has 0 bridgehead atoms. The number of hydrogen-bond donors (Lipinski definition) is 0. The molecule has 1 aliphatic heterocycles. The average Bonchev–Trinajstić information content (AvgIpc) is 3.08. The maximum atomic E-state index is 13.0. The van der Waals surface area contributed by atoms with Crippen molar-refractivity contribution in [2.24, 2.45) is 0 Å². The number of aromatic nitrogens is 2. The molecule has 4 rings (SSSR count). The second-order valence-corrected chi connectivity index (χ2v) is 6.56. The van der Waals surface area contributed by atoms with Gasteiger partial charge in [-0.05, 0) is 35.4 Å². The van der Waals surface area contributed by atoms with Crippen LogP contribution >= 0.6 is 0 Å². The first-order chi connectivity index (χ1) is 12.7. The second kappa shape index (κ2) is 7.06. The summed E-state index contributed by atoms with van der Waals surface area (Å²) in [6.45, 7) is 2.52. The molecule has 0 atom stereocenters. The summed E-state index contributed by atoms with van der Waals surface area (Å²) in [4.78, 5) is 6.76. The highest BCUT2D eigenvalue weighted by atomic mass is 19.1. The zero-order valence-electron chi connectivity index (χ0n) is 14.1. The fraction of sp³-hybridized carbons (Fsp3) is 0.250. The average molecular weight is 348 g/mol. The van der Waals surface area contributed by atoms with Crippen LogP contribution in [0.4, 0.5) is 4.39 Å². The van der Waals surface area contributed by atoms with Crippen LogP contribution in [0.1, 0.15) is 34.3 Å². The molecule has 2 aromatic carbocycles. The molecule has 0 radical (unpaired) electrons. The fourth-order valence-electron chi connectivity index (χ4n) is 3.14. The molecular weight excluding hydrogens is 331 g/mol. The van der Waals surface area contributed by atoms with Crippen molar-refractivity contribution in [1.29, 1.82) is 5.26 Å². The van der Waals surface area contributed by atoms with E-state index < -0.39 is 0 Å². The number of nitrogens with zero attached hydrogens (tertiary/aromatic N) is 4. The molecule has 1 saturated heterocycles. The number of likely N-dealkylation sites (tertiary alicyclic amines) is 1. The van der Waals surface area contributed by atoms with Gasteiger partial charge >= 0.3 is 0 Å². The normalized spacial score (nSPS) is 14.8. The van der Waals surface area contributed by atoms with Crippen LogP contribution in [0.5, 0.6) is 0 Å². The predicted molar refractivity (Wildman–Crippen MR) is 92.7 cm³/mol. The summed E-state index contributed by atoms with van der Waals surface area (Å²) >= 11 is 0. The van der Waals surface area contributed by atoms with Gasteiger partial charge in [-0.25, -0.2) is 4.39 Å². The van der Waals surface area contributed by atoms with E-state index in [2.05, 4.69) is 21.1 Å². The zero-order chi connectivity index (χ0) is 17.9. The number of benzene rings is 2. The van der Waals surface area contributed by atoms with E-state index in [0.717, 1.165) is 30.8 Å². The van der Waals surface area contributed by atoms with Gasteiger partial charge in [0.1, 0.15) is 5.82 Å². The Morgan fingerprint density at radius 2 is 1.96 bits per heavy atom. The molecule has 0 amide bonds. The van der Waals surface area contributed by atoms with Crippen molar-refractivity contribution >= 4 is 0 Å². The molecule has 26 heavy (non-hydrogen) atoms. The van der Waals surface area contributed by atoms with E-state index in [1.54, 1.807) is 12.1 Å². The first-order valence-electron chi connectivity index (χ1n) is 8.48. The summed E-state index contributed by atoms with van der Waals surface area (Å²) in [5.41, 5.74) is 2.76. The van der Waals surface area contributed by atoms with Gasteiger partial charge in [-0.2, -0.15) is 10.2 Å². The van der Waals surface area contributed by atoms with Crippen molar-refractivity contribution in [1.82, 2.24) is 15.0 Å². The van der Waals surface area contributed by atoms with Crippen molar-refractivity contribution in [3.8, 4) is 6.07 Å². The largest absolute Gasteiger partial charge is 0.339 e. The lowest BCUT2D eigenvalue weighted by Gasteiger charge is -2.37. The van der Waals surface area contributed by atoms with Crippen molar-refractivity contribution in [3.63, 3.8) is 0 Å². The van der Waals surface area contributed by atoms with Crippen LogP contribution in [0, 0.1) is 17.1 Å². The van der Waals surface area contributed by atoms with E-state index in [4.69, 9.17) is 9.78 Å². The minimum atomic E-state index is -0.252. The second-order valence-electron chi connectivity index (χ2n) is 6.56. The maximum absolute atomic E-state index is 13.0. The maximum Gasteiger partial charge on any atom is 0.232 e. The van der Waals surface area contributed by atoms with E-state index in [9.17, 15) is 4.39 Å². The smallest absolute Gasteiger partial charge is 0.232 e. The molecule has 3 aromatic rings. The van der Waals surface area contributed by atoms with Gasteiger partial charge in [0.2, 0.25) is 5.89 Å². The molecule has 0 spiro atoms. The van der Waals surface area contributed by atoms with Gasteiger partial charge in [-0.3, -0.25) is 4.90 Å². The van der Waals surface area contributed by atoms with Gasteiger partial charge in [0, 0.05) is 26.1 Å². The Morgan fingerprint density at radius 1 is 1.15 bits per heavy atom. The third-order valence-electron chi connectivity index (χ3n) is 4.53. The van der Waals surface area contributed by atoms with Crippen molar-refractivity contribution in [2.75, 3.05) is 13.1 Å². The third kappa shape index (κ3) is 3.63. The van der Waals surface area contributed by atoms with Gasteiger partial charge in [0.05, 0.1) is 17.6 Å². The number of halogens is 1. The van der Waals surface area contributed by atoms with Crippen molar-refractivity contribution < 1.29 is 8.91 Å². The van der Waals surface area contributed by atoms with Crippen LogP contribution in [0.2, 0.25) is 0 Å². The Bertz CT molecular complexity index is 939. The Labute approximate surface area is 150 Å². The van der Waals surface area contributed by atoms with Gasteiger partial charge in [-0.1, -0.05) is 29.4 Å². The van der Waals surface area contributed by atoms with Gasteiger partial charge in [0.25, 0.3) is 0 Å². The molecule has 2 heterocycles. The third-order valence-corrected chi connectivity index (χ3v) is 4.53. The van der Waals surface area contributed by atoms with Crippen LogP contribution in [0.15, 0.2) is 53.1 Å². The van der Waals surface area contributed by atoms with E-state index in [-0.39, 0.29) is 11.7 Å². The van der Waals surface area contributed by atoms with Gasteiger partial charge in [0.15, 0.2) is 5.82 Å². The van der Waals surface area contributed by atoms with Gasteiger partial charge < -0.3 is 4.52 Å². The molecule has 5 nitrogen and oxygen atoms in total. The molecule has 0 aliphatic carbocycles. The molecule has 0 unspecified atom stereocenters. The molecule has 1 aromatic heterocycles. The van der Waals surface area contributed by atoms with Crippen LogP contribution in [0.3, 0.4) is 0 Å². The van der Waals surface area contributed by atoms with Crippen molar-refractivity contribution in [2.45, 2.75) is 18.9 Å². The summed E-state index contributed by atoms with van der Waals surface area (Å²) in [6, 6.07) is 16.1. The molecular formula is C20H17FN4O. The lowest BCUT2D eigenvalue weighted by atomic mass is 9.99. The zero-order valence-corrected chi connectivity index (χ0v) is 14.1. The fourth-order valence-corrected chi connectivity index (χ4v) is 3.14. The lowest BCUT2D eigenvalue weighted by molar-refractivity contribution is 0.117. The van der Waals surface area contributed by atoms with E-state index in [1.807, 2.05) is 24.3 Å². The minimum Gasteiger partial charge on any atom is -0.339 e. The lowest BCUT2D eigenvalue weighted by Crippen LogP contribution is -2.44. The highest BCUT2D eigenvalue weighted by Gasteiger charge is 2.32. The van der Waals surface area contributed by atoms with E-state index in [1.165, 1.54) is 12.1 Å². The Morgan fingerprint density at radius 3 is 2.73 bits per heavy atom. The Kier molecular flexibility index (Phi) is 4.46. The highest BCUT2D eigenvalue weighted by molar-refractivity contribution is 5.32. The van der Waals surface area contributed by atoms with Crippen molar-refractivity contribution in [3.05, 3.63) is 82.8 Å². The molecule has 0 N–H and O–H groups in total. The van der Waals surface area contributed by atoms with Crippen LogP contribution in [0.25, 0.3) is 0 Å². The molecule has 1 aliphatic rings. The van der Waals surface area contributed by atoms with E-state index >= 15 is 0 Å². The van der Waals surface area contributed by atoms with Crippen LogP contribution in [-0.4, -0.2) is 28.1 Å².